The summed E-state index contributed by atoms with van der Waals surface area (Å²) < 4.78 is 41.7. The lowest BCUT2D eigenvalue weighted by Crippen LogP contribution is -2.42. The highest BCUT2D eigenvalue weighted by atomic mass is 19.4. The molecule has 2 amide bonds. The minimum Gasteiger partial charge on any atom is -0.338 e. The van der Waals surface area contributed by atoms with Gasteiger partial charge in [0.2, 0.25) is 11.8 Å². The summed E-state index contributed by atoms with van der Waals surface area (Å²) in [5.41, 5.74) is -0.0187. The number of likely N-dealkylation sites (tertiary alicyclic amines) is 2. The summed E-state index contributed by atoms with van der Waals surface area (Å²) in [6.07, 6.45) is -0.191. The van der Waals surface area contributed by atoms with E-state index >= 15 is 0 Å². The van der Waals surface area contributed by atoms with Crippen LogP contribution >= 0.6 is 0 Å². The van der Waals surface area contributed by atoms with Gasteiger partial charge >= 0.3 is 6.18 Å². The Balaban J connectivity index is 1.66. The summed E-state index contributed by atoms with van der Waals surface area (Å²) in [6.45, 7) is 6.60. The first kappa shape index (κ1) is 22.3. The second-order valence-electron chi connectivity index (χ2n) is 8.35. The molecule has 4 rings (SSSR count). The quantitative estimate of drug-likeness (QED) is 0.656. The van der Waals surface area contributed by atoms with Crippen LogP contribution in [0.3, 0.4) is 0 Å². The Labute approximate surface area is 183 Å². The first-order chi connectivity index (χ1) is 15.2. The standard InChI is InChI=1S/C22H26F3N5O2/c1-3-8-28-13-14(10-20(28)31)21(32)29-9-6-5-7-17(29)16-12-19-26-15(4-2)11-18(22(23,24)25)30(19)27-16/h3,11-12,14,17H,1,4-10,13H2,2H3/t14-,17-/m0/s1. The van der Waals surface area contributed by atoms with Crippen molar-refractivity contribution in [3.05, 3.63) is 41.9 Å². The van der Waals surface area contributed by atoms with Crippen LogP contribution in [0.4, 0.5) is 13.2 Å². The van der Waals surface area contributed by atoms with Gasteiger partial charge in [0, 0.05) is 37.8 Å². The number of nitrogens with zero attached hydrogens (tertiary/aromatic N) is 5. The lowest BCUT2D eigenvalue weighted by molar-refractivity contribution is -0.143. The summed E-state index contributed by atoms with van der Waals surface area (Å²) in [7, 11) is 0. The number of aromatic nitrogens is 3. The minimum atomic E-state index is -4.57. The Morgan fingerprint density at radius 1 is 1.31 bits per heavy atom. The van der Waals surface area contributed by atoms with Gasteiger partial charge in [-0.3, -0.25) is 9.59 Å². The third kappa shape index (κ3) is 4.10. The first-order valence-electron chi connectivity index (χ1n) is 10.9. The highest BCUT2D eigenvalue weighted by Crippen LogP contribution is 2.35. The van der Waals surface area contributed by atoms with E-state index in [2.05, 4.69) is 16.7 Å². The van der Waals surface area contributed by atoms with Gasteiger partial charge in [0.1, 0.15) is 5.69 Å². The smallest absolute Gasteiger partial charge is 0.338 e. The van der Waals surface area contributed by atoms with Crippen molar-refractivity contribution in [1.82, 2.24) is 24.4 Å². The molecule has 0 aliphatic carbocycles. The van der Waals surface area contributed by atoms with Crippen LogP contribution in [0.25, 0.3) is 5.65 Å². The monoisotopic (exact) mass is 449 g/mol. The van der Waals surface area contributed by atoms with Crippen molar-refractivity contribution in [2.75, 3.05) is 19.6 Å². The SMILES string of the molecule is C=CCN1C[C@@H](C(=O)N2CCCC[C@H]2c2cc3nc(CC)cc(C(F)(F)F)n3n2)CC1=O. The Bertz CT molecular complexity index is 1050. The zero-order valence-corrected chi connectivity index (χ0v) is 17.9. The molecule has 4 heterocycles. The van der Waals surface area contributed by atoms with Gasteiger partial charge in [-0.15, -0.1) is 6.58 Å². The van der Waals surface area contributed by atoms with Crippen molar-refractivity contribution in [3.8, 4) is 0 Å². The van der Waals surface area contributed by atoms with Crippen molar-refractivity contribution in [1.29, 1.82) is 0 Å². The maximum absolute atomic E-state index is 13.6. The highest BCUT2D eigenvalue weighted by Gasteiger charge is 2.40. The third-order valence-electron chi connectivity index (χ3n) is 6.19. The van der Waals surface area contributed by atoms with Crippen LogP contribution in [0.5, 0.6) is 0 Å². The maximum atomic E-state index is 13.6. The Morgan fingerprint density at radius 3 is 2.78 bits per heavy atom. The Hall–Kier alpha value is -2.91. The fourth-order valence-electron chi connectivity index (χ4n) is 4.60. The van der Waals surface area contributed by atoms with Crippen LogP contribution in [-0.2, 0) is 22.2 Å². The Kier molecular flexibility index (Phi) is 5.96. The minimum absolute atomic E-state index is 0.0874. The fourth-order valence-corrected chi connectivity index (χ4v) is 4.60. The van der Waals surface area contributed by atoms with E-state index in [1.54, 1.807) is 28.9 Å². The number of carbonyl (C=O) groups excluding carboxylic acids is 2. The van der Waals surface area contributed by atoms with E-state index in [0.29, 0.717) is 43.9 Å². The summed E-state index contributed by atoms with van der Waals surface area (Å²) in [5, 5.41) is 4.25. The van der Waals surface area contributed by atoms with Gasteiger partial charge in [-0.1, -0.05) is 13.0 Å². The summed E-state index contributed by atoms with van der Waals surface area (Å²) in [6, 6.07) is 2.13. The van der Waals surface area contributed by atoms with E-state index < -0.39 is 23.8 Å². The first-order valence-corrected chi connectivity index (χ1v) is 10.9. The number of piperidine rings is 1. The average molecular weight is 449 g/mol. The molecule has 0 radical (unpaired) electrons. The molecule has 172 valence electrons. The predicted molar refractivity (Wildman–Crippen MR) is 111 cm³/mol. The predicted octanol–water partition coefficient (Wildman–Crippen LogP) is 3.40. The van der Waals surface area contributed by atoms with Crippen molar-refractivity contribution in [2.45, 2.75) is 51.2 Å². The zero-order chi connectivity index (χ0) is 23.0. The molecule has 32 heavy (non-hydrogen) atoms. The molecule has 2 aliphatic heterocycles. The maximum Gasteiger partial charge on any atom is 0.433 e. The Morgan fingerprint density at radius 2 is 2.09 bits per heavy atom. The summed E-state index contributed by atoms with van der Waals surface area (Å²) in [5.74, 6) is -0.698. The number of amides is 2. The lowest BCUT2D eigenvalue weighted by atomic mass is 9.96. The normalized spacial score (nSPS) is 22.1. The molecule has 0 unspecified atom stereocenters. The van der Waals surface area contributed by atoms with Gasteiger partial charge in [-0.05, 0) is 31.7 Å². The van der Waals surface area contributed by atoms with Gasteiger partial charge in [-0.25, -0.2) is 9.50 Å². The van der Waals surface area contributed by atoms with Crippen molar-refractivity contribution in [2.24, 2.45) is 5.92 Å². The number of hydrogen-bond acceptors (Lipinski definition) is 4. The number of hydrogen-bond donors (Lipinski definition) is 0. The number of aryl methyl sites for hydroxylation is 1. The molecule has 10 heteroatoms. The molecule has 2 atom stereocenters. The topological polar surface area (TPSA) is 70.8 Å². The number of rotatable bonds is 5. The van der Waals surface area contributed by atoms with Crippen LogP contribution in [0.15, 0.2) is 24.8 Å². The van der Waals surface area contributed by atoms with E-state index in [1.807, 2.05) is 0 Å². The molecule has 0 saturated carbocycles. The van der Waals surface area contributed by atoms with E-state index in [9.17, 15) is 22.8 Å². The number of carbonyl (C=O) groups is 2. The van der Waals surface area contributed by atoms with Crippen LogP contribution in [-0.4, -0.2) is 55.8 Å². The number of alkyl halides is 3. The number of fused-ring (bicyclic) bond motifs is 1. The molecule has 2 aliphatic rings. The van der Waals surface area contributed by atoms with Crippen LogP contribution in [0.2, 0.25) is 0 Å². The number of halogens is 3. The van der Waals surface area contributed by atoms with Gasteiger partial charge < -0.3 is 9.80 Å². The van der Waals surface area contributed by atoms with E-state index in [4.69, 9.17) is 0 Å². The molecule has 0 N–H and O–H groups in total. The summed E-state index contributed by atoms with van der Waals surface area (Å²) >= 11 is 0. The van der Waals surface area contributed by atoms with Crippen molar-refractivity contribution < 1.29 is 22.8 Å². The largest absolute Gasteiger partial charge is 0.433 e. The highest BCUT2D eigenvalue weighted by molar-refractivity contribution is 5.89. The molecular formula is C22H26F3N5O2. The van der Waals surface area contributed by atoms with E-state index in [-0.39, 0.29) is 23.9 Å². The zero-order valence-electron chi connectivity index (χ0n) is 17.9. The van der Waals surface area contributed by atoms with Gasteiger partial charge in [0.15, 0.2) is 5.65 Å². The van der Waals surface area contributed by atoms with Crippen molar-refractivity contribution >= 4 is 17.5 Å². The van der Waals surface area contributed by atoms with Crippen LogP contribution in [0.1, 0.15) is 55.7 Å². The molecule has 0 aromatic carbocycles. The molecule has 0 spiro atoms. The lowest BCUT2D eigenvalue weighted by Gasteiger charge is -2.36. The second kappa shape index (κ2) is 8.55. The molecule has 7 nitrogen and oxygen atoms in total. The third-order valence-corrected chi connectivity index (χ3v) is 6.19. The second-order valence-corrected chi connectivity index (χ2v) is 8.35. The molecule has 2 aromatic heterocycles. The van der Waals surface area contributed by atoms with E-state index in [1.165, 1.54) is 0 Å². The van der Waals surface area contributed by atoms with Gasteiger partial charge in [-0.2, -0.15) is 18.3 Å². The molecule has 2 fully saturated rings. The van der Waals surface area contributed by atoms with Crippen LogP contribution < -0.4 is 0 Å². The molecule has 2 saturated heterocycles. The van der Waals surface area contributed by atoms with Gasteiger partial charge in [0.25, 0.3) is 0 Å². The van der Waals surface area contributed by atoms with Gasteiger partial charge in [0.05, 0.1) is 17.7 Å². The molecular weight excluding hydrogens is 423 g/mol. The average Bonchev–Trinajstić information content (AvgIpc) is 3.35. The van der Waals surface area contributed by atoms with Crippen LogP contribution in [0, 0.1) is 5.92 Å². The van der Waals surface area contributed by atoms with Crippen molar-refractivity contribution in [3.63, 3.8) is 0 Å². The molecule has 2 aromatic rings. The molecule has 0 bridgehead atoms. The summed E-state index contributed by atoms with van der Waals surface area (Å²) in [4.78, 5) is 33.1. The fraction of sp³-hybridized carbons (Fsp3) is 0.545. The van der Waals surface area contributed by atoms with E-state index in [0.717, 1.165) is 23.4 Å².